The Hall–Kier alpha value is -3.37. The number of rotatable bonds is 5. The van der Waals surface area contributed by atoms with Crippen molar-refractivity contribution in [2.24, 2.45) is 0 Å². The zero-order chi connectivity index (χ0) is 23.6. The molecule has 31 heavy (non-hydrogen) atoms. The molecule has 1 amide bonds. The monoisotopic (exact) mass is 435 g/mol. The van der Waals surface area contributed by atoms with Crippen molar-refractivity contribution < 1.29 is 24.0 Å². The van der Waals surface area contributed by atoms with Gasteiger partial charge in [0.2, 0.25) is 5.95 Å². The average molecular weight is 435 g/mol. The Bertz CT molecular complexity index is 986. The van der Waals surface area contributed by atoms with Crippen LogP contribution in [0.15, 0.2) is 18.2 Å². The molecule has 0 aliphatic heterocycles. The summed E-state index contributed by atoms with van der Waals surface area (Å²) in [6, 6.07) is 4.34. The highest BCUT2D eigenvalue weighted by atomic mass is 16.6. The minimum atomic E-state index is -0.775. The van der Waals surface area contributed by atoms with Gasteiger partial charge in [-0.3, -0.25) is 10.1 Å². The van der Waals surface area contributed by atoms with Crippen molar-refractivity contribution in [1.82, 2.24) is 14.5 Å². The van der Waals surface area contributed by atoms with Crippen LogP contribution in [0.4, 0.5) is 21.2 Å². The van der Waals surface area contributed by atoms with Crippen LogP contribution in [0.5, 0.6) is 0 Å². The van der Waals surface area contributed by atoms with E-state index >= 15 is 0 Å². The molecule has 1 N–H and O–H groups in total. The third-order valence-electron chi connectivity index (χ3n) is 3.87. The Labute approximate surface area is 180 Å². The Kier molecular flexibility index (Phi) is 6.77. The van der Waals surface area contributed by atoms with Gasteiger partial charge in [-0.25, -0.2) is 19.1 Å². The van der Waals surface area contributed by atoms with Crippen molar-refractivity contribution in [1.29, 1.82) is 0 Å². The van der Waals surface area contributed by atoms with Gasteiger partial charge in [0.25, 0.3) is 5.69 Å². The van der Waals surface area contributed by atoms with Gasteiger partial charge in [0.15, 0.2) is 5.52 Å². The van der Waals surface area contributed by atoms with Crippen LogP contribution in [0.2, 0.25) is 0 Å². The van der Waals surface area contributed by atoms with Gasteiger partial charge >= 0.3 is 12.2 Å². The van der Waals surface area contributed by atoms with Crippen molar-refractivity contribution in [2.75, 3.05) is 25.5 Å². The number of carbonyl (C=O) groups is 2. The number of fused-ring (bicyclic) bond motifs is 1. The first-order valence-corrected chi connectivity index (χ1v) is 9.77. The van der Waals surface area contributed by atoms with E-state index in [4.69, 9.17) is 9.47 Å². The number of imidazole rings is 1. The summed E-state index contributed by atoms with van der Waals surface area (Å²) >= 11 is 0. The van der Waals surface area contributed by atoms with Gasteiger partial charge in [0, 0.05) is 26.2 Å². The molecule has 1 aromatic carbocycles. The number of hydrogen-bond donors (Lipinski definition) is 1. The van der Waals surface area contributed by atoms with Gasteiger partial charge in [0.05, 0.1) is 10.4 Å². The molecule has 11 heteroatoms. The summed E-state index contributed by atoms with van der Waals surface area (Å²) in [4.78, 5) is 41.4. The lowest BCUT2D eigenvalue weighted by molar-refractivity contribution is -0.383. The molecule has 2 aromatic rings. The summed E-state index contributed by atoms with van der Waals surface area (Å²) in [6.45, 7) is 10.9. The Morgan fingerprint density at radius 2 is 1.77 bits per heavy atom. The van der Waals surface area contributed by atoms with E-state index in [1.807, 2.05) is 0 Å². The molecule has 0 radical (unpaired) electrons. The third-order valence-corrected chi connectivity index (χ3v) is 3.87. The minimum Gasteiger partial charge on any atom is -0.444 e. The van der Waals surface area contributed by atoms with Gasteiger partial charge in [0.1, 0.15) is 11.2 Å². The summed E-state index contributed by atoms with van der Waals surface area (Å²) in [7, 11) is 1.58. The second-order valence-electron chi connectivity index (χ2n) is 8.98. The van der Waals surface area contributed by atoms with E-state index in [1.165, 1.54) is 17.0 Å². The SMILES string of the molecule is CN(CCNc1nc2c([N+](=O)[O-])cccc2n1C(=O)OC(C)(C)C)C(=O)OC(C)(C)C. The number of non-ortho nitro benzene ring substituents is 1. The fourth-order valence-corrected chi connectivity index (χ4v) is 2.61. The van der Waals surface area contributed by atoms with Crippen molar-refractivity contribution in [3.63, 3.8) is 0 Å². The van der Waals surface area contributed by atoms with Crippen LogP contribution in [-0.4, -0.2) is 62.9 Å². The second kappa shape index (κ2) is 8.78. The number of nitro benzene ring substituents is 1. The molecule has 0 saturated heterocycles. The molecule has 2 rings (SSSR count). The lowest BCUT2D eigenvalue weighted by Crippen LogP contribution is -2.37. The smallest absolute Gasteiger partial charge is 0.421 e. The van der Waals surface area contributed by atoms with Crippen molar-refractivity contribution >= 4 is 34.9 Å². The van der Waals surface area contributed by atoms with E-state index in [1.54, 1.807) is 54.7 Å². The molecule has 0 saturated carbocycles. The van der Waals surface area contributed by atoms with Gasteiger partial charge in [-0.2, -0.15) is 0 Å². The first-order chi connectivity index (χ1) is 14.2. The zero-order valence-corrected chi connectivity index (χ0v) is 18.9. The largest absolute Gasteiger partial charge is 0.444 e. The van der Waals surface area contributed by atoms with Crippen molar-refractivity contribution in [3.05, 3.63) is 28.3 Å². The van der Waals surface area contributed by atoms with E-state index in [0.29, 0.717) is 0 Å². The molecule has 0 aliphatic rings. The molecule has 0 bridgehead atoms. The summed E-state index contributed by atoms with van der Waals surface area (Å²) < 4.78 is 11.9. The number of carbonyl (C=O) groups excluding carboxylic acids is 2. The second-order valence-corrected chi connectivity index (χ2v) is 8.98. The molecule has 0 aliphatic carbocycles. The van der Waals surface area contributed by atoms with E-state index in [-0.39, 0.29) is 35.8 Å². The Morgan fingerprint density at radius 1 is 1.16 bits per heavy atom. The van der Waals surface area contributed by atoms with Crippen LogP contribution in [0.25, 0.3) is 11.0 Å². The molecule has 0 fully saturated rings. The predicted octanol–water partition coefficient (Wildman–Crippen LogP) is 4.01. The number of aromatic nitrogens is 2. The number of nitro groups is 1. The summed E-state index contributed by atoms with van der Waals surface area (Å²) in [6.07, 6.45) is -1.22. The Morgan fingerprint density at radius 3 is 2.32 bits per heavy atom. The normalized spacial score (nSPS) is 11.8. The van der Waals surface area contributed by atoms with Crippen LogP contribution >= 0.6 is 0 Å². The molecule has 1 aromatic heterocycles. The quantitative estimate of drug-likeness (QED) is 0.551. The van der Waals surface area contributed by atoms with Gasteiger partial charge in [-0.1, -0.05) is 6.07 Å². The summed E-state index contributed by atoms with van der Waals surface area (Å²) in [5, 5.41) is 14.4. The molecule has 170 valence electrons. The number of hydrogen-bond acceptors (Lipinski definition) is 8. The predicted molar refractivity (Wildman–Crippen MR) is 115 cm³/mol. The maximum absolute atomic E-state index is 12.8. The maximum Gasteiger partial charge on any atom is 0.421 e. The molecule has 1 heterocycles. The molecule has 0 atom stereocenters. The van der Waals surface area contributed by atoms with E-state index in [9.17, 15) is 19.7 Å². The number of likely N-dealkylation sites (N-methyl/N-ethyl adjacent to an activating group) is 1. The number of anilines is 1. The standard InChI is InChI=1S/C20H29N5O6/c1-19(2,3)30-17(26)23(7)12-11-21-16-22-15-13(9-8-10-14(15)25(28)29)24(16)18(27)31-20(4,5)6/h8-10H,11-12H2,1-7H3,(H,21,22). The average Bonchev–Trinajstić information content (AvgIpc) is 2.96. The highest BCUT2D eigenvalue weighted by Gasteiger charge is 2.27. The maximum atomic E-state index is 12.8. The number of para-hydroxylation sites is 1. The van der Waals surface area contributed by atoms with Gasteiger partial charge in [-0.05, 0) is 47.6 Å². The number of nitrogens with zero attached hydrogens (tertiary/aromatic N) is 4. The number of nitrogens with one attached hydrogen (secondary N) is 1. The molecule has 0 spiro atoms. The van der Waals surface area contributed by atoms with E-state index < -0.39 is 28.3 Å². The minimum absolute atomic E-state index is 0.0568. The lowest BCUT2D eigenvalue weighted by Gasteiger charge is -2.24. The Balaban J connectivity index is 2.30. The van der Waals surface area contributed by atoms with Crippen LogP contribution in [-0.2, 0) is 9.47 Å². The highest BCUT2D eigenvalue weighted by Crippen LogP contribution is 2.28. The highest BCUT2D eigenvalue weighted by molar-refractivity contribution is 5.95. The molecular formula is C20H29N5O6. The fraction of sp³-hybridized carbons (Fsp3) is 0.550. The van der Waals surface area contributed by atoms with E-state index in [0.717, 1.165) is 4.57 Å². The van der Waals surface area contributed by atoms with Crippen LogP contribution in [0.1, 0.15) is 41.5 Å². The molecule has 0 unspecified atom stereocenters. The number of amides is 1. The first kappa shape index (κ1) is 23.9. The van der Waals surface area contributed by atoms with Crippen LogP contribution in [0, 0.1) is 10.1 Å². The van der Waals surface area contributed by atoms with E-state index in [2.05, 4.69) is 10.3 Å². The topological polar surface area (TPSA) is 129 Å². The van der Waals surface area contributed by atoms with Crippen molar-refractivity contribution in [2.45, 2.75) is 52.7 Å². The molecular weight excluding hydrogens is 406 g/mol. The zero-order valence-electron chi connectivity index (χ0n) is 18.9. The molecule has 11 nitrogen and oxygen atoms in total. The van der Waals surface area contributed by atoms with Crippen LogP contribution < -0.4 is 5.32 Å². The first-order valence-electron chi connectivity index (χ1n) is 9.77. The van der Waals surface area contributed by atoms with Crippen molar-refractivity contribution in [3.8, 4) is 0 Å². The number of ether oxygens (including phenoxy) is 2. The number of benzene rings is 1. The van der Waals surface area contributed by atoms with Gasteiger partial charge in [-0.15, -0.1) is 0 Å². The lowest BCUT2D eigenvalue weighted by atomic mass is 10.2. The summed E-state index contributed by atoms with van der Waals surface area (Å²) in [5.41, 5.74) is -1.33. The summed E-state index contributed by atoms with van der Waals surface area (Å²) in [5.74, 6) is 0.0798. The van der Waals surface area contributed by atoms with Crippen LogP contribution in [0.3, 0.4) is 0 Å². The third kappa shape index (κ3) is 6.30. The fourth-order valence-electron chi connectivity index (χ4n) is 2.61. The van der Waals surface area contributed by atoms with Gasteiger partial charge < -0.3 is 19.7 Å².